The van der Waals surface area contributed by atoms with E-state index in [4.69, 9.17) is 5.11 Å². The Balaban J connectivity index is 3.13. The van der Waals surface area contributed by atoms with Gasteiger partial charge in [-0.25, -0.2) is 18.7 Å². The number of aliphatic hydroxyl groups is 1. The number of alkyl halides is 2. The number of nitrogens with zero attached hydrogens (tertiary/aromatic N) is 3. The van der Waals surface area contributed by atoms with Crippen molar-refractivity contribution in [3.8, 4) is 0 Å². The van der Waals surface area contributed by atoms with Gasteiger partial charge in [0.25, 0.3) is 6.43 Å². The molecule has 0 fully saturated rings. The molecule has 0 aromatic carbocycles. The smallest absolute Gasteiger partial charge is 0.255 e. The molecule has 0 aliphatic rings. The number of hydrogen-bond acceptors (Lipinski definition) is 5. The van der Waals surface area contributed by atoms with Crippen LogP contribution in [-0.2, 0) is 0 Å². The Morgan fingerprint density at radius 1 is 1.33 bits per heavy atom. The predicted molar refractivity (Wildman–Crippen MR) is 66.4 cm³/mol. The largest absolute Gasteiger partial charge is 0.395 e. The van der Waals surface area contributed by atoms with Crippen LogP contribution >= 0.6 is 0 Å². The minimum atomic E-state index is -2.48. The van der Waals surface area contributed by atoms with Crippen LogP contribution in [0.3, 0.4) is 0 Å². The molecule has 0 amide bonds. The van der Waals surface area contributed by atoms with Gasteiger partial charge in [0.2, 0.25) is 0 Å². The van der Waals surface area contributed by atoms with Gasteiger partial charge in [0.05, 0.1) is 13.2 Å². The second kappa shape index (κ2) is 6.44. The normalized spacial score (nSPS) is 10.8. The van der Waals surface area contributed by atoms with E-state index in [1.807, 2.05) is 0 Å². The van der Waals surface area contributed by atoms with Gasteiger partial charge >= 0.3 is 0 Å². The number of aromatic nitrogens is 2. The first-order chi connectivity index (χ1) is 8.49. The summed E-state index contributed by atoms with van der Waals surface area (Å²) in [6.07, 6.45) is -2.48. The molecule has 102 valence electrons. The standard InChI is InChI=1S/C11H18F2N4O/c1-7-10(14-3)15-8(2)16-11(7)17(4-5-18)6-9(12)13/h9,18H,4-6H2,1-3H3,(H,14,15,16). The van der Waals surface area contributed by atoms with E-state index in [0.29, 0.717) is 23.0 Å². The molecular formula is C11H18F2N4O. The molecule has 1 rings (SSSR count). The summed E-state index contributed by atoms with van der Waals surface area (Å²) in [7, 11) is 1.71. The molecule has 0 atom stereocenters. The van der Waals surface area contributed by atoms with Gasteiger partial charge in [0.15, 0.2) is 0 Å². The third kappa shape index (κ3) is 3.49. The van der Waals surface area contributed by atoms with Crippen LogP contribution < -0.4 is 10.2 Å². The first kappa shape index (κ1) is 14.6. The van der Waals surface area contributed by atoms with Gasteiger partial charge in [-0.3, -0.25) is 0 Å². The van der Waals surface area contributed by atoms with Crippen molar-refractivity contribution >= 4 is 11.6 Å². The SMILES string of the molecule is CNc1nc(C)nc(N(CCO)CC(F)F)c1C. The fourth-order valence-electron chi connectivity index (χ4n) is 1.74. The number of nitrogens with one attached hydrogen (secondary N) is 1. The van der Waals surface area contributed by atoms with Crippen molar-refractivity contribution in [2.45, 2.75) is 20.3 Å². The van der Waals surface area contributed by atoms with Crippen LogP contribution in [0.1, 0.15) is 11.4 Å². The Kier molecular flexibility index (Phi) is 5.21. The van der Waals surface area contributed by atoms with Crippen LogP contribution in [0.5, 0.6) is 0 Å². The van der Waals surface area contributed by atoms with Gasteiger partial charge in [-0.05, 0) is 13.8 Å². The summed E-state index contributed by atoms with van der Waals surface area (Å²) in [5.41, 5.74) is 0.692. The maximum atomic E-state index is 12.5. The highest BCUT2D eigenvalue weighted by Crippen LogP contribution is 2.23. The molecule has 0 aliphatic heterocycles. The van der Waals surface area contributed by atoms with Crippen molar-refractivity contribution in [1.82, 2.24) is 9.97 Å². The first-order valence-corrected chi connectivity index (χ1v) is 5.66. The first-order valence-electron chi connectivity index (χ1n) is 5.66. The molecule has 0 spiro atoms. The molecule has 5 nitrogen and oxygen atoms in total. The average molecular weight is 260 g/mol. The zero-order valence-electron chi connectivity index (χ0n) is 10.7. The van der Waals surface area contributed by atoms with Crippen LogP contribution in [0, 0.1) is 13.8 Å². The lowest BCUT2D eigenvalue weighted by Crippen LogP contribution is -2.33. The van der Waals surface area contributed by atoms with Crippen LogP contribution in [0.25, 0.3) is 0 Å². The predicted octanol–water partition coefficient (Wildman–Crippen LogP) is 1.20. The molecule has 1 aromatic rings. The van der Waals surface area contributed by atoms with Crippen LogP contribution in [0.2, 0.25) is 0 Å². The number of anilines is 2. The summed E-state index contributed by atoms with van der Waals surface area (Å²) < 4.78 is 25.1. The Hall–Kier alpha value is -1.50. The highest BCUT2D eigenvalue weighted by Gasteiger charge is 2.18. The molecule has 0 unspecified atom stereocenters. The van der Waals surface area contributed by atoms with Gasteiger partial charge in [-0.2, -0.15) is 0 Å². The molecular weight excluding hydrogens is 242 g/mol. The maximum Gasteiger partial charge on any atom is 0.255 e. The second-order valence-electron chi connectivity index (χ2n) is 3.88. The zero-order valence-corrected chi connectivity index (χ0v) is 10.7. The van der Waals surface area contributed by atoms with Gasteiger partial charge in [-0.1, -0.05) is 0 Å². The lowest BCUT2D eigenvalue weighted by atomic mass is 10.2. The Morgan fingerprint density at radius 3 is 2.50 bits per heavy atom. The summed E-state index contributed by atoms with van der Waals surface area (Å²) >= 11 is 0. The van der Waals surface area contributed by atoms with Crippen molar-refractivity contribution in [3.05, 3.63) is 11.4 Å². The van der Waals surface area contributed by atoms with E-state index in [9.17, 15) is 8.78 Å². The van der Waals surface area contributed by atoms with E-state index < -0.39 is 13.0 Å². The van der Waals surface area contributed by atoms with Crippen LogP contribution in [0.15, 0.2) is 0 Å². The fourth-order valence-corrected chi connectivity index (χ4v) is 1.74. The highest BCUT2D eigenvalue weighted by molar-refractivity contribution is 5.58. The monoisotopic (exact) mass is 260 g/mol. The van der Waals surface area contributed by atoms with E-state index in [0.717, 1.165) is 0 Å². The third-order valence-corrected chi connectivity index (χ3v) is 2.50. The van der Waals surface area contributed by atoms with Gasteiger partial charge < -0.3 is 15.3 Å². The molecule has 1 aromatic heterocycles. The molecule has 1 heterocycles. The van der Waals surface area contributed by atoms with E-state index in [1.54, 1.807) is 20.9 Å². The summed E-state index contributed by atoms with van der Waals surface area (Å²) in [5.74, 6) is 1.54. The minimum Gasteiger partial charge on any atom is -0.395 e. The van der Waals surface area contributed by atoms with Crippen molar-refractivity contribution in [2.75, 3.05) is 37.0 Å². The summed E-state index contributed by atoms with van der Waals surface area (Å²) in [6, 6.07) is 0. The third-order valence-electron chi connectivity index (χ3n) is 2.50. The Morgan fingerprint density at radius 2 is 2.00 bits per heavy atom. The van der Waals surface area contributed by atoms with Crippen molar-refractivity contribution in [2.24, 2.45) is 0 Å². The molecule has 7 heteroatoms. The van der Waals surface area contributed by atoms with Crippen LogP contribution in [0.4, 0.5) is 20.4 Å². The average Bonchev–Trinajstić information content (AvgIpc) is 2.30. The van der Waals surface area contributed by atoms with E-state index >= 15 is 0 Å². The molecule has 0 bridgehead atoms. The van der Waals surface area contributed by atoms with Gasteiger partial charge in [0, 0.05) is 19.2 Å². The van der Waals surface area contributed by atoms with E-state index in [1.165, 1.54) is 4.90 Å². The summed E-state index contributed by atoms with van der Waals surface area (Å²) in [5, 5.41) is 11.9. The highest BCUT2D eigenvalue weighted by atomic mass is 19.3. The Bertz CT molecular complexity index is 401. The second-order valence-corrected chi connectivity index (χ2v) is 3.88. The molecule has 0 aliphatic carbocycles. The molecule has 0 saturated carbocycles. The Labute approximate surface area is 105 Å². The van der Waals surface area contributed by atoms with Crippen molar-refractivity contribution in [3.63, 3.8) is 0 Å². The number of halogens is 2. The number of hydrogen-bond donors (Lipinski definition) is 2. The van der Waals surface area contributed by atoms with Crippen molar-refractivity contribution < 1.29 is 13.9 Å². The van der Waals surface area contributed by atoms with E-state index in [2.05, 4.69) is 15.3 Å². The number of aryl methyl sites for hydroxylation is 1. The van der Waals surface area contributed by atoms with Gasteiger partial charge in [-0.15, -0.1) is 0 Å². The lowest BCUT2D eigenvalue weighted by Gasteiger charge is -2.25. The molecule has 0 saturated heterocycles. The lowest BCUT2D eigenvalue weighted by molar-refractivity contribution is 0.152. The topological polar surface area (TPSA) is 61.3 Å². The van der Waals surface area contributed by atoms with E-state index in [-0.39, 0.29) is 13.2 Å². The molecule has 0 radical (unpaired) electrons. The quantitative estimate of drug-likeness (QED) is 0.804. The minimum absolute atomic E-state index is 0.116. The summed E-state index contributed by atoms with van der Waals surface area (Å²) in [6.45, 7) is 2.91. The molecule has 18 heavy (non-hydrogen) atoms. The van der Waals surface area contributed by atoms with Gasteiger partial charge in [0.1, 0.15) is 17.5 Å². The van der Waals surface area contributed by atoms with Crippen LogP contribution in [-0.4, -0.2) is 48.2 Å². The number of rotatable bonds is 6. The number of aliphatic hydroxyl groups excluding tert-OH is 1. The van der Waals surface area contributed by atoms with Crippen molar-refractivity contribution in [1.29, 1.82) is 0 Å². The maximum absolute atomic E-state index is 12.5. The zero-order chi connectivity index (χ0) is 13.7. The summed E-state index contributed by atoms with van der Waals surface area (Å²) in [4.78, 5) is 9.73. The fraction of sp³-hybridized carbons (Fsp3) is 0.636. The molecule has 2 N–H and O–H groups in total.